The molecule has 0 fully saturated rings. The first kappa shape index (κ1) is 14.2. The topological polar surface area (TPSA) is 42.0 Å². The number of hydrogen-bond acceptors (Lipinski definition) is 3. The molecule has 20 heavy (non-hydrogen) atoms. The first-order valence-electron chi connectivity index (χ1n) is 6.07. The van der Waals surface area contributed by atoms with Crippen LogP contribution in [-0.2, 0) is 4.57 Å². The Morgan fingerprint density at radius 3 is 2.85 bits per heavy atom. The van der Waals surface area contributed by atoms with Crippen molar-refractivity contribution in [1.82, 2.24) is 4.98 Å². The standard InChI is InChI=1S/C15H13FN2OP/c1-3-11-5-6-13(12(16)9-11)18-14-10-17-8-7-15(14)20(19)4-2/h1,5-10,18H,4H2,2H3/q+1. The number of rotatable bonds is 4. The molecule has 0 amide bonds. The van der Waals surface area contributed by atoms with Gasteiger partial charge in [-0.3, -0.25) is 4.98 Å². The summed E-state index contributed by atoms with van der Waals surface area (Å²) in [4.78, 5) is 3.98. The molecule has 0 aliphatic carbocycles. The Morgan fingerprint density at radius 2 is 2.20 bits per heavy atom. The molecule has 0 saturated heterocycles. The number of nitrogens with zero attached hydrogens (tertiary/aromatic N) is 1. The average molecular weight is 287 g/mol. The predicted octanol–water partition coefficient (Wildman–Crippen LogP) is 3.42. The van der Waals surface area contributed by atoms with Crippen LogP contribution in [0.3, 0.4) is 0 Å². The van der Waals surface area contributed by atoms with E-state index in [4.69, 9.17) is 6.42 Å². The third kappa shape index (κ3) is 3.01. The summed E-state index contributed by atoms with van der Waals surface area (Å²) in [7, 11) is -1.52. The summed E-state index contributed by atoms with van der Waals surface area (Å²) in [6.45, 7) is 1.84. The van der Waals surface area contributed by atoms with Gasteiger partial charge in [0.05, 0.1) is 11.9 Å². The zero-order chi connectivity index (χ0) is 14.5. The molecule has 5 heteroatoms. The van der Waals surface area contributed by atoms with Crippen LogP contribution in [0, 0.1) is 18.2 Å². The number of halogens is 1. The van der Waals surface area contributed by atoms with Crippen LogP contribution in [0.1, 0.15) is 12.5 Å². The average Bonchev–Trinajstić information content (AvgIpc) is 2.49. The quantitative estimate of drug-likeness (QED) is 0.692. The number of benzene rings is 1. The smallest absolute Gasteiger partial charge is 0.348 e. The first-order valence-corrected chi connectivity index (χ1v) is 7.52. The minimum atomic E-state index is -1.52. The molecule has 2 rings (SSSR count). The van der Waals surface area contributed by atoms with Crippen molar-refractivity contribution in [3.8, 4) is 12.3 Å². The molecule has 0 aliphatic rings. The molecule has 2 aromatic rings. The molecule has 1 heterocycles. The molecule has 0 aliphatic heterocycles. The van der Waals surface area contributed by atoms with Crippen LogP contribution < -0.4 is 10.6 Å². The maximum absolute atomic E-state index is 13.9. The summed E-state index contributed by atoms with van der Waals surface area (Å²) in [5.41, 5.74) is 1.29. The van der Waals surface area contributed by atoms with Crippen LogP contribution in [-0.4, -0.2) is 11.1 Å². The first-order chi connectivity index (χ1) is 9.65. The lowest BCUT2D eigenvalue weighted by Gasteiger charge is -2.07. The van der Waals surface area contributed by atoms with Crippen molar-refractivity contribution in [3.05, 3.63) is 48.0 Å². The lowest BCUT2D eigenvalue weighted by atomic mass is 10.2. The van der Waals surface area contributed by atoms with E-state index in [9.17, 15) is 8.96 Å². The molecule has 1 unspecified atom stereocenters. The SMILES string of the molecule is C#Cc1ccc(Nc2cnccc2[P+](=O)CC)c(F)c1. The molecular formula is C15H13FN2OP+. The fourth-order valence-corrected chi connectivity index (χ4v) is 2.68. The summed E-state index contributed by atoms with van der Waals surface area (Å²) in [5.74, 6) is 1.91. The van der Waals surface area contributed by atoms with Crippen LogP contribution >= 0.6 is 7.80 Å². The van der Waals surface area contributed by atoms with Gasteiger partial charge in [0.1, 0.15) is 17.7 Å². The number of aromatic nitrogens is 1. The Morgan fingerprint density at radius 1 is 1.40 bits per heavy atom. The van der Waals surface area contributed by atoms with Crippen molar-refractivity contribution in [2.24, 2.45) is 0 Å². The van der Waals surface area contributed by atoms with E-state index >= 15 is 0 Å². The van der Waals surface area contributed by atoms with Crippen molar-refractivity contribution < 1.29 is 8.96 Å². The predicted molar refractivity (Wildman–Crippen MR) is 79.6 cm³/mol. The van der Waals surface area contributed by atoms with Gasteiger partial charge in [-0.2, -0.15) is 0 Å². The van der Waals surface area contributed by atoms with Crippen LogP contribution in [0.15, 0.2) is 36.7 Å². The highest BCUT2D eigenvalue weighted by atomic mass is 31.1. The second-order valence-corrected chi connectivity index (χ2v) is 5.92. The van der Waals surface area contributed by atoms with Crippen molar-refractivity contribution >= 4 is 24.5 Å². The summed E-state index contributed by atoms with van der Waals surface area (Å²) >= 11 is 0. The fourth-order valence-electron chi connectivity index (χ4n) is 1.72. The molecule has 3 nitrogen and oxygen atoms in total. The molecule has 1 aromatic carbocycles. The molecule has 0 spiro atoms. The van der Waals surface area contributed by atoms with Crippen LogP contribution in [0.25, 0.3) is 0 Å². The van der Waals surface area contributed by atoms with Gasteiger partial charge in [0.15, 0.2) is 0 Å². The van der Waals surface area contributed by atoms with E-state index in [1.165, 1.54) is 12.3 Å². The number of anilines is 2. The summed E-state index contributed by atoms with van der Waals surface area (Å²) in [5, 5.41) is 3.55. The van der Waals surface area contributed by atoms with Crippen molar-refractivity contribution in [3.63, 3.8) is 0 Å². The van der Waals surface area contributed by atoms with E-state index < -0.39 is 13.6 Å². The number of nitrogens with one attached hydrogen (secondary N) is 1. The molecule has 1 aromatic heterocycles. The van der Waals surface area contributed by atoms with Gasteiger partial charge in [0, 0.05) is 17.8 Å². The van der Waals surface area contributed by atoms with E-state index in [1.807, 2.05) is 6.92 Å². The number of hydrogen-bond donors (Lipinski definition) is 1. The number of terminal acetylenes is 1. The zero-order valence-electron chi connectivity index (χ0n) is 10.9. The van der Waals surface area contributed by atoms with Crippen molar-refractivity contribution in [2.75, 3.05) is 11.5 Å². The van der Waals surface area contributed by atoms with Crippen LogP contribution in [0.5, 0.6) is 0 Å². The monoisotopic (exact) mass is 287 g/mol. The van der Waals surface area contributed by atoms with Gasteiger partial charge >= 0.3 is 7.80 Å². The lowest BCUT2D eigenvalue weighted by molar-refractivity contribution is 0.594. The normalized spacial score (nSPS) is 10.8. The summed E-state index contributed by atoms with van der Waals surface area (Å²) < 4.78 is 25.9. The van der Waals surface area contributed by atoms with E-state index in [0.29, 0.717) is 22.7 Å². The Hall–Kier alpha value is -2.24. The third-order valence-corrected chi connectivity index (χ3v) is 4.26. The second-order valence-electron chi connectivity index (χ2n) is 4.05. The van der Waals surface area contributed by atoms with Crippen LogP contribution in [0.2, 0.25) is 0 Å². The van der Waals surface area contributed by atoms with E-state index in [-0.39, 0.29) is 5.69 Å². The molecule has 0 radical (unpaired) electrons. The molecule has 1 N–H and O–H groups in total. The lowest BCUT2D eigenvalue weighted by Crippen LogP contribution is -2.07. The van der Waals surface area contributed by atoms with E-state index in [2.05, 4.69) is 16.2 Å². The summed E-state index contributed by atoms with van der Waals surface area (Å²) in [6.07, 6.45) is 8.84. The van der Waals surface area contributed by atoms with Gasteiger partial charge in [-0.25, -0.2) is 4.39 Å². The minimum absolute atomic E-state index is 0.276. The molecule has 0 saturated carbocycles. The Labute approximate surface area is 118 Å². The summed E-state index contributed by atoms with van der Waals surface area (Å²) in [6, 6.07) is 6.15. The molecular weight excluding hydrogens is 274 g/mol. The Balaban J connectivity index is 2.36. The van der Waals surface area contributed by atoms with Crippen molar-refractivity contribution in [2.45, 2.75) is 6.92 Å². The zero-order valence-corrected chi connectivity index (χ0v) is 11.8. The Kier molecular flexibility index (Phi) is 4.45. The highest BCUT2D eigenvalue weighted by molar-refractivity contribution is 7.53. The van der Waals surface area contributed by atoms with E-state index in [0.717, 1.165) is 0 Å². The molecule has 100 valence electrons. The van der Waals surface area contributed by atoms with Gasteiger partial charge in [-0.15, -0.1) is 6.42 Å². The Bertz CT molecular complexity index is 695. The highest BCUT2D eigenvalue weighted by Crippen LogP contribution is 2.26. The molecule has 0 bridgehead atoms. The minimum Gasteiger partial charge on any atom is -0.348 e. The van der Waals surface area contributed by atoms with E-state index in [1.54, 1.807) is 24.4 Å². The van der Waals surface area contributed by atoms with Crippen molar-refractivity contribution in [1.29, 1.82) is 0 Å². The molecule has 1 atom stereocenters. The van der Waals surface area contributed by atoms with Gasteiger partial charge in [-0.1, -0.05) is 10.5 Å². The van der Waals surface area contributed by atoms with Gasteiger partial charge in [0.2, 0.25) is 5.30 Å². The second kappa shape index (κ2) is 6.27. The maximum Gasteiger partial charge on any atom is 0.378 e. The van der Waals surface area contributed by atoms with Gasteiger partial charge in [0.25, 0.3) is 0 Å². The largest absolute Gasteiger partial charge is 0.378 e. The third-order valence-electron chi connectivity index (χ3n) is 2.76. The highest BCUT2D eigenvalue weighted by Gasteiger charge is 2.21. The maximum atomic E-state index is 13.9. The fraction of sp³-hybridized carbons (Fsp3) is 0.133. The van der Waals surface area contributed by atoms with Gasteiger partial charge < -0.3 is 5.32 Å². The van der Waals surface area contributed by atoms with Crippen LogP contribution in [0.4, 0.5) is 15.8 Å². The van der Waals surface area contributed by atoms with Gasteiger partial charge in [-0.05, 0) is 25.1 Å². The number of pyridine rings is 1.